The Labute approximate surface area is 188 Å². The summed E-state index contributed by atoms with van der Waals surface area (Å²) in [7, 11) is 0. The molecule has 0 bridgehead atoms. The fraction of sp³-hybridized carbons (Fsp3) is 0. The Hall–Kier alpha value is -2.85. The van der Waals surface area contributed by atoms with E-state index < -0.39 is 0 Å². The molecule has 0 saturated carbocycles. The van der Waals surface area contributed by atoms with Crippen LogP contribution in [0, 0.1) is 0 Å². The number of rotatable bonds is 5. The van der Waals surface area contributed by atoms with Gasteiger partial charge in [-0.1, -0.05) is 40.9 Å². The molecule has 0 radical (unpaired) electrons. The molecule has 0 spiro atoms. The Morgan fingerprint density at radius 1 is 0.867 bits per heavy atom. The number of fused-ring (bicyclic) bond motifs is 1. The lowest BCUT2D eigenvalue weighted by molar-refractivity contribution is 0.104. The maximum absolute atomic E-state index is 12.5. The van der Waals surface area contributed by atoms with Crippen LogP contribution in [0.3, 0.4) is 0 Å². The van der Waals surface area contributed by atoms with Crippen molar-refractivity contribution in [1.82, 2.24) is 4.98 Å². The highest BCUT2D eigenvalue weighted by atomic mass is 35.5. The molecule has 0 amide bonds. The van der Waals surface area contributed by atoms with Crippen LogP contribution < -0.4 is 5.32 Å². The van der Waals surface area contributed by atoms with Crippen LogP contribution in [-0.2, 0) is 0 Å². The summed E-state index contributed by atoms with van der Waals surface area (Å²) in [5.74, 6) is -0.114. The van der Waals surface area contributed by atoms with Gasteiger partial charge in [0.05, 0.1) is 5.52 Å². The van der Waals surface area contributed by atoms with Crippen LogP contribution in [0.15, 0.2) is 79.0 Å². The largest absolute Gasteiger partial charge is 0.355 e. The summed E-state index contributed by atoms with van der Waals surface area (Å²) in [5, 5.41) is 6.01. The number of benzene rings is 3. The van der Waals surface area contributed by atoms with Gasteiger partial charge in [0.15, 0.2) is 5.78 Å². The molecule has 0 fully saturated rings. The lowest BCUT2D eigenvalue weighted by Crippen LogP contribution is -1.96. The van der Waals surface area contributed by atoms with E-state index in [4.69, 9.17) is 34.8 Å². The molecule has 1 N–H and O–H groups in total. The van der Waals surface area contributed by atoms with Crippen LogP contribution in [0.25, 0.3) is 17.0 Å². The lowest BCUT2D eigenvalue weighted by Gasteiger charge is -2.10. The van der Waals surface area contributed by atoms with Gasteiger partial charge in [-0.2, -0.15) is 0 Å². The van der Waals surface area contributed by atoms with E-state index in [1.807, 2.05) is 36.4 Å². The third-order valence-electron chi connectivity index (χ3n) is 4.53. The predicted molar refractivity (Wildman–Crippen MR) is 126 cm³/mol. The van der Waals surface area contributed by atoms with Crippen LogP contribution in [0.2, 0.25) is 15.1 Å². The molecule has 0 aliphatic carbocycles. The molecule has 0 aliphatic heterocycles. The van der Waals surface area contributed by atoms with E-state index in [1.54, 1.807) is 42.6 Å². The summed E-state index contributed by atoms with van der Waals surface area (Å²) in [6.45, 7) is 0. The Kier molecular flexibility index (Phi) is 6.05. The zero-order chi connectivity index (χ0) is 21.1. The third-order valence-corrected chi connectivity index (χ3v) is 5.33. The maximum Gasteiger partial charge on any atom is 0.185 e. The molecule has 4 aromatic rings. The SMILES string of the molecule is O=C(/C=C/c1ccc(Cl)cc1Cl)c1ccc(Nc2ccnc3cc(Cl)ccc23)cc1. The van der Waals surface area contributed by atoms with Crippen LogP contribution in [-0.4, -0.2) is 10.8 Å². The molecule has 0 aliphatic rings. The van der Waals surface area contributed by atoms with Crippen molar-refractivity contribution in [2.24, 2.45) is 0 Å². The molecule has 6 heteroatoms. The summed E-state index contributed by atoms with van der Waals surface area (Å²) in [5.41, 5.74) is 3.89. The van der Waals surface area contributed by atoms with Gasteiger partial charge in [0.1, 0.15) is 0 Å². The first-order valence-corrected chi connectivity index (χ1v) is 10.2. The smallest absolute Gasteiger partial charge is 0.185 e. The van der Waals surface area contributed by atoms with Gasteiger partial charge in [-0.3, -0.25) is 9.78 Å². The number of hydrogen-bond acceptors (Lipinski definition) is 3. The number of nitrogens with zero attached hydrogens (tertiary/aromatic N) is 1. The number of hydrogen-bond donors (Lipinski definition) is 1. The Balaban J connectivity index is 1.50. The third kappa shape index (κ3) is 4.65. The zero-order valence-electron chi connectivity index (χ0n) is 15.6. The quantitative estimate of drug-likeness (QED) is 0.247. The van der Waals surface area contributed by atoms with E-state index in [1.165, 1.54) is 6.08 Å². The number of nitrogens with one attached hydrogen (secondary N) is 1. The maximum atomic E-state index is 12.5. The fourth-order valence-corrected chi connectivity index (χ4v) is 3.64. The van der Waals surface area contributed by atoms with Crippen molar-refractivity contribution in [2.75, 3.05) is 5.32 Å². The summed E-state index contributed by atoms with van der Waals surface area (Å²) in [6, 6.07) is 19.9. The van der Waals surface area contributed by atoms with Crippen molar-refractivity contribution in [3.63, 3.8) is 0 Å². The Morgan fingerprint density at radius 3 is 2.37 bits per heavy atom. The van der Waals surface area contributed by atoms with Gasteiger partial charge in [0, 0.05) is 43.6 Å². The molecule has 4 rings (SSSR count). The summed E-state index contributed by atoms with van der Waals surface area (Å²) in [6.07, 6.45) is 4.91. The highest BCUT2D eigenvalue weighted by molar-refractivity contribution is 6.35. The number of anilines is 2. The number of carbonyl (C=O) groups is 1. The second kappa shape index (κ2) is 8.88. The van der Waals surface area contributed by atoms with Crippen LogP contribution in [0.4, 0.5) is 11.4 Å². The minimum absolute atomic E-state index is 0.114. The average Bonchev–Trinajstić information content (AvgIpc) is 2.73. The molecule has 3 nitrogen and oxygen atoms in total. The Bertz CT molecular complexity index is 1270. The van der Waals surface area contributed by atoms with Gasteiger partial charge in [0.2, 0.25) is 0 Å². The molecule has 0 atom stereocenters. The minimum Gasteiger partial charge on any atom is -0.355 e. The monoisotopic (exact) mass is 452 g/mol. The van der Waals surface area contributed by atoms with E-state index in [-0.39, 0.29) is 5.78 Å². The molecule has 30 heavy (non-hydrogen) atoms. The van der Waals surface area contributed by atoms with Crippen molar-refractivity contribution in [1.29, 1.82) is 0 Å². The summed E-state index contributed by atoms with van der Waals surface area (Å²) in [4.78, 5) is 16.8. The van der Waals surface area contributed by atoms with Gasteiger partial charge in [0.25, 0.3) is 0 Å². The first kappa shape index (κ1) is 20.4. The van der Waals surface area contributed by atoms with Crippen molar-refractivity contribution in [3.8, 4) is 0 Å². The predicted octanol–water partition coefficient (Wildman–Crippen LogP) is 7.83. The molecule has 0 unspecified atom stereocenters. The van der Waals surface area contributed by atoms with Crippen molar-refractivity contribution in [2.45, 2.75) is 0 Å². The molecular weight excluding hydrogens is 439 g/mol. The van der Waals surface area contributed by atoms with Crippen molar-refractivity contribution in [3.05, 3.63) is 105 Å². The first-order chi connectivity index (χ1) is 14.5. The van der Waals surface area contributed by atoms with Crippen LogP contribution >= 0.6 is 34.8 Å². The first-order valence-electron chi connectivity index (χ1n) is 9.08. The Morgan fingerprint density at radius 2 is 1.60 bits per heavy atom. The fourth-order valence-electron chi connectivity index (χ4n) is 3.00. The number of aromatic nitrogens is 1. The number of allylic oxidation sites excluding steroid dienone is 1. The minimum atomic E-state index is -0.114. The average molecular weight is 454 g/mol. The number of pyridine rings is 1. The summed E-state index contributed by atoms with van der Waals surface area (Å²) < 4.78 is 0. The number of ketones is 1. The van der Waals surface area contributed by atoms with Gasteiger partial charge in [-0.25, -0.2) is 0 Å². The molecule has 0 saturated heterocycles. The van der Waals surface area contributed by atoms with E-state index in [9.17, 15) is 4.79 Å². The number of halogens is 3. The lowest BCUT2D eigenvalue weighted by atomic mass is 10.1. The highest BCUT2D eigenvalue weighted by Gasteiger charge is 2.06. The zero-order valence-corrected chi connectivity index (χ0v) is 17.8. The topological polar surface area (TPSA) is 42.0 Å². The molecule has 148 valence electrons. The van der Waals surface area contributed by atoms with E-state index in [0.29, 0.717) is 20.6 Å². The van der Waals surface area contributed by atoms with Crippen molar-refractivity contribution < 1.29 is 4.79 Å². The molecule has 1 aromatic heterocycles. The van der Waals surface area contributed by atoms with E-state index in [2.05, 4.69) is 10.3 Å². The van der Waals surface area contributed by atoms with Crippen LogP contribution in [0.5, 0.6) is 0 Å². The van der Waals surface area contributed by atoms with E-state index in [0.717, 1.165) is 27.8 Å². The van der Waals surface area contributed by atoms with Gasteiger partial charge >= 0.3 is 0 Å². The van der Waals surface area contributed by atoms with Crippen LogP contribution in [0.1, 0.15) is 15.9 Å². The molecule has 3 aromatic carbocycles. The second-order valence-corrected chi connectivity index (χ2v) is 7.87. The van der Waals surface area contributed by atoms with Gasteiger partial charge < -0.3 is 5.32 Å². The highest BCUT2D eigenvalue weighted by Crippen LogP contribution is 2.27. The molecular formula is C24H15Cl3N2O. The van der Waals surface area contributed by atoms with Gasteiger partial charge in [-0.05, 0) is 78.4 Å². The van der Waals surface area contributed by atoms with Crippen molar-refractivity contribution >= 4 is 68.9 Å². The van der Waals surface area contributed by atoms with E-state index >= 15 is 0 Å². The molecule has 1 heterocycles. The standard InChI is InChI=1S/C24H15Cl3N2O/c25-17-5-1-15(21(27)13-17)4-10-24(30)16-2-7-19(8-3-16)29-22-11-12-28-23-14-18(26)6-9-20(22)23/h1-14H,(H,28,29)/b10-4+. The normalized spacial score (nSPS) is 11.2. The van der Waals surface area contributed by atoms with Gasteiger partial charge in [-0.15, -0.1) is 0 Å². The second-order valence-electron chi connectivity index (χ2n) is 6.59. The number of carbonyl (C=O) groups excluding carboxylic acids is 1. The summed E-state index contributed by atoms with van der Waals surface area (Å²) >= 11 is 18.1.